The Hall–Kier alpha value is -0.920. The van der Waals surface area contributed by atoms with Gasteiger partial charge in [0.25, 0.3) is 0 Å². The molecule has 1 N–H and O–H groups in total. The van der Waals surface area contributed by atoms with Crippen molar-refractivity contribution in [2.75, 3.05) is 5.75 Å². The Morgan fingerprint density at radius 3 is 2.20 bits per heavy atom. The summed E-state index contributed by atoms with van der Waals surface area (Å²) >= 11 is 0. The largest absolute Gasteiger partial charge is 0.240 e. The first-order valence-electron chi connectivity index (χ1n) is 11.3. The van der Waals surface area contributed by atoms with E-state index in [-0.39, 0.29) is 11.8 Å². The molecule has 0 unspecified atom stereocenters. The first-order valence-corrected chi connectivity index (χ1v) is 14.5. The van der Waals surface area contributed by atoms with Crippen LogP contribution in [0, 0.1) is 0 Å². The van der Waals surface area contributed by atoms with E-state index in [1.807, 2.05) is 12.1 Å². The molecule has 0 amide bonds. The fraction of sp³-hybridized carbons (Fsp3) is 0.739. The zero-order chi connectivity index (χ0) is 22.3. The molecule has 0 bridgehead atoms. The number of benzene rings is 1. The number of nitrogens with one attached hydrogen (secondary N) is 1. The predicted molar refractivity (Wildman–Crippen MR) is 124 cm³/mol. The van der Waals surface area contributed by atoms with Crippen LogP contribution in [-0.4, -0.2) is 33.4 Å². The van der Waals surface area contributed by atoms with Crippen molar-refractivity contribution in [2.24, 2.45) is 0 Å². The zero-order valence-corrected chi connectivity index (χ0v) is 20.5. The van der Waals surface area contributed by atoms with E-state index in [4.69, 9.17) is 0 Å². The van der Waals surface area contributed by atoms with Gasteiger partial charge < -0.3 is 0 Å². The van der Waals surface area contributed by atoms with Crippen LogP contribution < -0.4 is 4.72 Å². The van der Waals surface area contributed by atoms with Crippen LogP contribution in [0.4, 0.5) is 0 Å². The van der Waals surface area contributed by atoms with Crippen LogP contribution in [-0.2, 0) is 26.3 Å². The number of hydrogen-bond donors (Lipinski definition) is 1. The maximum absolute atomic E-state index is 12.7. The summed E-state index contributed by atoms with van der Waals surface area (Å²) < 4.78 is 51.8. The molecule has 2 rings (SSSR count). The standard InChI is InChI=1S/C23H39NO4S2/c1-23(2,3)29(25,26)18-11-6-4-5-8-13-20-14-12-17-22(19-20)30(27,28)24-21-15-9-7-10-16-21/h12,14,17,19,21,24H,4-11,13,15-16,18H2,1-3H3. The van der Waals surface area contributed by atoms with Crippen molar-refractivity contribution in [3.05, 3.63) is 29.8 Å². The number of hydrogen-bond acceptors (Lipinski definition) is 4. The van der Waals surface area contributed by atoms with Crippen molar-refractivity contribution < 1.29 is 16.8 Å². The monoisotopic (exact) mass is 457 g/mol. The normalized spacial score (nSPS) is 16.6. The lowest BCUT2D eigenvalue weighted by molar-refractivity contribution is 0.412. The van der Waals surface area contributed by atoms with Gasteiger partial charge in [-0.15, -0.1) is 0 Å². The quantitative estimate of drug-likeness (QED) is 0.474. The summed E-state index contributed by atoms with van der Waals surface area (Å²) in [6.45, 7) is 5.25. The second-order valence-electron chi connectivity index (χ2n) is 9.55. The molecule has 1 aliphatic rings. The molecule has 1 aromatic carbocycles. The van der Waals surface area contributed by atoms with Crippen LogP contribution in [0.5, 0.6) is 0 Å². The SMILES string of the molecule is CC(C)(C)S(=O)(=O)CCCCCCCc1cccc(S(=O)(=O)NC2CCCCC2)c1. The summed E-state index contributed by atoms with van der Waals surface area (Å²) in [6.07, 6.45) is 10.7. The third-order valence-corrected chi connectivity index (χ3v) is 10.2. The van der Waals surface area contributed by atoms with Gasteiger partial charge in [0, 0.05) is 6.04 Å². The van der Waals surface area contributed by atoms with Crippen LogP contribution in [0.1, 0.15) is 90.5 Å². The molecule has 1 fully saturated rings. The highest BCUT2D eigenvalue weighted by Gasteiger charge is 2.28. The Balaban J connectivity index is 1.74. The van der Waals surface area contributed by atoms with E-state index < -0.39 is 24.6 Å². The molecule has 0 heterocycles. The third kappa shape index (κ3) is 7.97. The van der Waals surface area contributed by atoms with E-state index in [9.17, 15) is 16.8 Å². The Kier molecular flexibility index (Phi) is 9.37. The van der Waals surface area contributed by atoms with Gasteiger partial charge in [0.2, 0.25) is 10.0 Å². The van der Waals surface area contributed by atoms with Gasteiger partial charge in [-0.1, -0.05) is 50.7 Å². The van der Waals surface area contributed by atoms with Crippen molar-refractivity contribution in [1.82, 2.24) is 4.72 Å². The van der Waals surface area contributed by atoms with E-state index in [1.165, 1.54) is 6.42 Å². The molecule has 172 valence electrons. The van der Waals surface area contributed by atoms with Gasteiger partial charge in [0.05, 0.1) is 15.4 Å². The smallest absolute Gasteiger partial charge is 0.228 e. The first kappa shape index (κ1) is 25.3. The molecule has 0 aromatic heterocycles. The first-order chi connectivity index (χ1) is 14.0. The van der Waals surface area contributed by atoms with Gasteiger partial charge in [0.1, 0.15) is 0 Å². The van der Waals surface area contributed by atoms with Gasteiger partial charge in [0.15, 0.2) is 9.84 Å². The van der Waals surface area contributed by atoms with Gasteiger partial charge in [-0.3, -0.25) is 0 Å². The summed E-state index contributed by atoms with van der Waals surface area (Å²) in [7, 11) is -6.48. The Labute approximate surface area is 184 Å². The number of sulfone groups is 1. The summed E-state index contributed by atoms with van der Waals surface area (Å²) in [6, 6.07) is 7.33. The molecule has 0 saturated heterocycles. The lowest BCUT2D eigenvalue weighted by atomic mass is 9.96. The fourth-order valence-corrected chi connectivity index (χ4v) is 6.41. The molecular formula is C23H39NO4S2. The highest BCUT2D eigenvalue weighted by atomic mass is 32.2. The van der Waals surface area contributed by atoms with Crippen molar-refractivity contribution in [3.63, 3.8) is 0 Å². The Morgan fingerprint density at radius 1 is 0.900 bits per heavy atom. The molecule has 5 nitrogen and oxygen atoms in total. The number of aryl methyl sites for hydroxylation is 1. The molecule has 0 atom stereocenters. The number of rotatable bonds is 11. The summed E-state index contributed by atoms with van der Waals surface area (Å²) in [5.41, 5.74) is 1.04. The molecule has 1 saturated carbocycles. The summed E-state index contributed by atoms with van der Waals surface area (Å²) in [4.78, 5) is 0.359. The lowest BCUT2D eigenvalue weighted by Crippen LogP contribution is -2.36. The topological polar surface area (TPSA) is 80.3 Å². The van der Waals surface area contributed by atoms with Gasteiger partial charge in [-0.05, 0) is 70.6 Å². The van der Waals surface area contributed by atoms with Crippen LogP contribution in [0.3, 0.4) is 0 Å². The second kappa shape index (κ2) is 11.1. The second-order valence-corrected chi connectivity index (χ2v) is 14.1. The fourth-order valence-electron chi connectivity index (χ4n) is 3.83. The van der Waals surface area contributed by atoms with Crippen LogP contribution in [0.15, 0.2) is 29.2 Å². The van der Waals surface area contributed by atoms with Crippen molar-refractivity contribution in [3.8, 4) is 0 Å². The van der Waals surface area contributed by atoms with Crippen LogP contribution >= 0.6 is 0 Å². The molecule has 1 aliphatic carbocycles. The Bertz CT molecular complexity index is 865. The van der Waals surface area contributed by atoms with Gasteiger partial charge in [-0.25, -0.2) is 21.6 Å². The van der Waals surface area contributed by atoms with Crippen LogP contribution in [0.2, 0.25) is 0 Å². The lowest BCUT2D eigenvalue weighted by Gasteiger charge is -2.22. The molecule has 7 heteroatoms. The number of unbranched alkanes of at least 4 members (excludes halogenated alkanes) is 4. The van der Waals surface area contributed by atoms with E-state index in [2.05, 4.69) is 4.72 Å². The summed E-state index contributed by atoms with van der Waals surface area (Å²) in [5.74, 6) is 0.254. The van der Waals surface area contributed by atoms with Crippen LogP contribution in [0.25, 0.3) is 0 Å². The number of sulfonamides is 1. The molecule has 0 spiro atoms. The molecule has 1 aromatic rings. The van der Waals surface area contributed by atoms with E-state index in [1.54, 1.807) is 32.9 Å². The highest BCUT2D eigenvalue weighted by molar-refractivity contribution is 7.92. The van der Waals surface area contributed by atoms with Gasteiger partial charge >= 0.3 is 0 Å². The minimum Gasteiger partial charge on any atom is -0.228 e. The molecule has 30 heavy (non-hydrogen) atoms. The minimum absolute atomic E-state index is 0.0644. The maximum atomic E-state index is 12.7. The highest BCUT2D eigenvalue weighted by Crippen LogP contribution is 2.21. The van der Waals surface area contributed by atoms with Crippen molar-refractivity contribution in [1.29, 1.82) is 0 Å². The predicted octanol–water partition coefficient (Wildman–Crippen LogP) is 5.00. The summed E-state index contributed by atoms with van der Waals surface area (Å²) in [5, 5.41) is 0. The van der Waals surface area contributed by atoms with E-state index in [0.717, 1.165) is 63.4 Å². The van der Waals surface area contributed by atoms with Crippen molar-refractivity contribution in [2.45, 2.75) is 107 Å². The maximum Gasteiger partial charge on any atom is 0.240 e. The zero-order valence-electron chi connectivity index (χ0n) is 18.8. The van der Waals surface area contributed by atoms with Crippen molar-refractivity contribution >= 4 is 19.9 Å². The average Bonchev–Trinajstić information content (AvgIpc) is 2.67. The van der Waals surface area contributed by atoms with E-state index in [0.29, 0.717) is 11.3 Å². The molecular weight excluding hydrogens is 418 g/mol. The average molecular weight is 458 g/mol. The third-order valence-electron chi connectivity index (χ3n) is 5.95. The molecule has 0 radical (unpaired) electrons. The molecule has 0 aliphatic heterocycles. The minimum atomic E-state index is -3.46. The van der Waals surface area contributed by atoms with Gasteiger partial charge in [-0.2, -0.15) is 0 Å². The Morgan fingerprint density at radius 2 is 1.53 bits per heavy atom. The van der Waals surface area contributed by atoms with E-state index >= 15 is 0 Å².